The number of rotatable bonds is 1. The number of aromatic nitrogens is 1. The number of fused-ring (bicyclic) bond motifs is 1. The van der Waals surface area contributed by atoms with Gasteiger partial charge in [0.15, 0.2) is 5.78 Å². The molecule has 1 heterocycles. The van der Waals surface area contributed by atoms with E-state index in [0.29, 0.717) is 12.1 Å². The van der Waals surface area contributed by atoms with Crippen molar-refractivity contribution in [3.63, 3.8) is 0 Å². The smallest absolute Gasteiger partial charge is 0.189 e. The van der Waals surface area contributed by atoms with E-state index in [0.717, 1.165) is 28.0 Å². The molecule has 0 radical (unpaired) electrons. The Labute approximate surface area is 117 Å². The van der Waals surface area contributed by atoms with Crippen LogP contribution in [-0.2, 0) is 13.5 Å². The molecule has 1 aliphatic carbocycles. The van der Waals surface area contributed by atoms with Crippen LogP contribution >= 0.6 is 0 Å². The van der Waals surface area contributed by atoms with Crippen LogP contribution in [-0.4, -0.2) is 10.4 Å². The quantitative estimate of drug-likeness (QED) is 0.741. The molecule has 0 saturated heterocycles. The second-order valence-electron chi connectivity index (χ2n) is 5.07. The summed E-state index contributed by atoms with van der Waals surface area (Å²) in [6, 6.07) is 11.7. The average molecular weight is 262 g/mol. The minimum Gasteiger partial charge on any atom is -0.339 e. The molecule has 0 spiro atoms. The summed E-state index contributed by atoms with van der Waals surface area (Å²) in [5.74, 6) is 0.0994. The van der Waals surface area contributed by atoms with Crippen molar-refractivity contribution in [1.29, 1.82) is 5.26 Å². The topological polar surface area (TPSA) is 45.8 Å². The number of carbonyl (C=O) groups excluding carboxylic acids is 1. The third kappa shape index (κ3) is 1.78. The standard InChI is InChI=1S/C17H14N2O/c1-11-13(9-15(10-18)19(11)2)8-14-7-12-5-3-4-6-16(12)17(14)20/h3-6,8-9H,7H2,1-2H3/b14-8-. The Kier molecular flexibility index (Phi) is 2.80. The molecule has 3 rings (SSSR count). The van der Waals surface area contributed by atoms with Crippen LogP contribution in [0.3, 0.4) is 0 Å². The van der Waals surface area contributed by atoms with Crippen molar-refractivity contribution in [3.8, 4) is 6.07 Å². The summed E-state index contributed by atoms with van der Waals surface area (Å²) in [6.07, 6.45) is 2.59. The van der Waals surface area contributed by atoms with Crippen LogP contribution in [0, 0.1) is 18.3 Å². The van der Waals surface area contributed by atoms with Gasteiger partial charge in [0.25, 0.3) is 0 Å². The number of nitrogens with zero attached hydrogens (tertiary/aromatic N) is 2. The van der Waals surface area contributed by atoms with Crippen LogP contribution in [0.2, 0.25) is 0 Å². The third-order valence-corrected chi connectivity index (χ3v) is 3.95. The average Bonchev–Trinajstić information content (AvgIpc) is 2.92. The Hall–Kier alpha value is -2.60. The van der Waals surface area contributed by atoms with Gasteiger partial charge >= 0.3 is 0 Å². The molecule has 0 fully saturated rings. The number of hydrogen-bond acceptors (Lipinski definition) is 2. The Morgan fingerprint density at radius 3 is 2.75 bits per heavy atom. The molecular formula is C17H14N2O. The van der Waals surface area contributed by atoms with E-state index in [4.69, 9.17) is 5.26 Å². The van der Waals surface area contributed by atoms with Gasteiger partial charge in [-0.3, -0.25) is 4.79 Å². The summed E-state index contributed by atoms with van der Waals surface area (Å²) >= 11 is 0. The molecule has 1 aromatic heterocycles. The van der Waals surface area contributed by atoms with Gasteiger partial charge in [0.1, 0.15) is 11.8 Å². The molecule has 2 aromatic rings. The van der Waals surface area contributed by atoms with Crippen LogP contribution in [0.4, 0.5) is 0 Å². The Balaban J connectivity index is 2.04. The van der Waals surface area contributed by atoms with Gasteiger partial charge in [-0.25, -0.2) is 0 Å². The van der Waals surface area contributed by atoms with Crippen LogP contribution in [0.15, 0.2) is 35.9 Å². The normalized spacial score (nSPS) is 15.4. The lowest BCUT2D eigenvalue weighted by molar-refractivity contribution is 0.104. The summed E-state index contributed by atoms with van der Waals surface area (Å²) in [7, 11) is 1.86. The number of carbonyl (C=O) groups is 1. The van der Waals surface area contributed by atoms with Crippen molar-refractivity contribution in [2.75, 3.05) is 0 Å². The van der Waals surface area contributed by atoms with Crippen molar-refractivity contribution in [3.05, 3.63) is 64.0 Å². The molecule has 0 saturated carbocycles. The van der Waals surface area contributed by atoms with Crippen LogP contribution in [0.5, 0.6) is 0 Å². The van der Waals surface area contributed by atoms with Gasteiger partial charge in [-0.1, -0.05) is 24.3 Å². The Bertz CT molecular complexity index is 788. The second kappa shape index (κ2) is 4.50. The van der Waals surface area contributed by atoms with Gasteiger partial charge < -0.3 is 4.57 Å². The van der Waals surface area contributed by atoms with Gasteiger partial charge in [-0.2, -0.15) is 5.26 Å². The minimum atomic E-state index is 0.0994. The monoisotopic (exact) mass is 262 g/mol. The molecule has 1 aliphatic rings. The summed E-state index contributed by atoms with van der Waals surface area (Å²) in [4.78, 5) is 12.3. The first-order chi connectivity index (χ1) is 9.61. The zero-order chi connectivity index (χ0) is 14.3. The van der Waals surface area contributed by atoms with Gasteiger partial charge in [-0.05, 0) is 30.2 Å². The Morgan fingerprint density at radius 2 is 2.10 bits per heavy atom. The van der Waals surface area contributed by atoms with E-state index in [1.807, 2.05) is 54.9 Å². The first-order valence-electron chi connectivity index (χ1n) is 6.51. The number of allylic oxidation sites excluding steroid dienone is 1. The van der Waals surface area contributed by atoms with Crippen LogP contribution < -0.4 is 0 Å². The molecule has 0 unspecified atom stereocenters. The molecule has 0 atom stereocenters. The van der Waals surface area contributed by atoms with Gasteiger partial charge in [-0.15, -0.1) is 0 Å². The van der Waals surface area contributed by atoms with Crippen molar-refractivity contribution in [2.45, 2.75) is 13.3 Å². The fraction of sp³-hybridized carbons (Fsp3) is 0.176. The molecule has 0 bridgehead atoms. The summed E-state index contributed by atoms with van der Waals surface area (Å²) in [6.45, 7) is 1.96. The number of nitriles is 1. The van der Waals surface area contributed by atoms with Crippen molar-refractivity contribution < 1.29 is 4.79 Å². The maximum atomic E-state index is 12.3. The SMILES string of the molecule is Cc1c(/C=C2/Cc3ccccc3C2=O)cc(C#N)n1C. The highest BCUT2D eigenvalue weighted by Crippen LogP contribution is 2.28. The largest absolute Gasteiger partial charge is 0.339 e. The first kappa shape index (κ1) is 12.4. The van der Waals surface area contributed by atoms with Gasteiger partial charge in [0.2, 0.25) is 0 Å². The molecular weight excluding hydrogens is 248 g/mol. The molecule has 0 amide bonds. The zero-order valence-electron chi connectivity index (χ0n) is 11.5. The summed E-state index contributed by atoms with van der Waals surface area (Å²) < 4.78 is 1.85. The lowest BCUT2D eigenvalue weighted by atomic mass is 10.1. The highest BCUT2D eigenvalue weighted by Gasteiger charge is 2.24. The van der Waals surface area contributed by atoms with Gasteiger partial charge in [0.05, 0.1) is 0 Å². The van der Waals surface area contributed by atoms with Crippen molar-refractivity contribution >= 4 is 11.9 Å². The number of hydrogen-bond donors (Lipinski definition) is 0. The highest BCUT2D eigenvalue weighted by atomic mass is 16.1. The van der Waals surface area contributed by atoms with Crippen molar-refractivity contribution in [2.24, 2.45) is 7.05 Å². The molecule has 3 nitrogen and oxygen atoms in total. The molecule has 0 N–H and O–H groups in total. The third-order valence-electron chi connectivity index (χ3n) is 3.95. The minimum absolute atomic E-state index is 0.0994. The number of benzene rings is 1. The number of Topliss-reactive ketones (excluding diaryl/α,β-unsaturated/α-hetero) is 1. The van der Waals surface area contributed by atoms with Crippen LogP contribution in [0.1, 0.15) is 32.9 Å². The Morgan fingerprint density at radius 1 is 1.35 bits per heavy atom. The first-order valence-corrected chi connectivity index (χ1v) is 6.51. The predicted octanol–water partition coefficient (Wildman–Crippen LogP) is 3.03. The molecule has 1 aromatic carbocycles. The van der Waals surface area contributed by atoms with E-state index < -0.39 is 0 Å². The van der Waals surface area contributed by atoms with E-state index in [9.17, 15) is 4.79 Å². The van der Waals surface area contributed by atoms with Gasteiger partial charge in [0, 0.05) is 30.3 Å². The highest BCUT2D eigenvalue weighted by molar-refractivity contribution is 6.15. The summed E-state index contributed by atoms with van der Waals surface area (Å²) in [5, 5.41) is 9.05. The lowest BCUT2D eigenvalue weighted by Crippen LogP contribution is -1.96. The zero-order valence-corrected chi connectivity index (χ0v) is 11.5. The van der Waals surface area contributed by atoms with E-state index in [1.165, 1.54) is 0 Å². The van der Waals surface area contributed by atoms with E-state index >= 15 is 0 Å². The van der Waals surface area contributed by atoms with E-state index in [-0.39, 0.29) is 5.78 Å². The number of ketones is 1. The maximum Gasteiger partial charge on any atom is 0.189 e. The van der Waals surface area contributed by atoms with Crippen LogP contribution in [0.25, 0.3) is 6.08 Å². The molecule has 98 valence electrons. The second-order valence-corrected chi connectivity index (χ2v) is 5.07. The molecule has 3 heteroatoms. The fourth-order valence-electron chi connectivity index (χ4n) is 2.63. The fourth-order valence-corrected chi connectivity index (χ4v) is 2.63. The molecule has 20 heavy (non-hydrogen) atoms. The van der Waals surface area contributed by atoms with E-state index in [1.54, 1.807) is 0 Å². The predicted molar refractivity (Wildman–Crippen MR) is 77.3 cm³/mol. The maximum absolute atomic E-state index is 12.3. The lowest BCUT2D eigenvalue weighted by Gasteiger charge is -1.99. The molecule has 0 aliphatic heterocycles. The van der Waals surface area contributed by atoms with Crippen molar-refractivity contribution in [1.82, 2.24) is 4.57 Å². The van der Waals surface area contributed by atoms with E-state index in [2.05, 4.69) is 6.07 Å². The summed E-state index contributed by atoms with van der Waals surface area (Å²) in [5.41, 5.74) is 5.23.